The second kappa shape index (κ2) is 9.54. The second-order valence-corrected chi connectivity index (χ2v) is 7.83. The monoisotopic (exact) mass is 443 g/mol. The number of nitrogens with zero attached hydrogens (tertiary/aromatic N) is 2. The van der Waals surface area contributed by atoms with Crippen LogP contribution < -0.4 is 0 Å². The predicted octanol–water partition coefficient (Wildman–Crippen LogP) is 6.10. The summed E-state index contributed by atoms with van der Waals surface area (Å²) in [6, 6.07) is 27.1. The van der Waals surface area contributed by atoms with Crippen LogP contribution in [0, 0.1) is 0 Å². The molecular weight excluding hydrogens is 422 g/mol. The van der Waals surface area contributed by atoms with E-state index in [4.69, 9.17) is 11.6 Å². The molecule has 0 radical (unpaired) electrons. The molecule has 0 unspecified atom stereocenters. The lowest BCUT2D eigenvalue weighted by atomic mass is 10.1. The maximum Gasteiger partial charge on any atom is 0.354 e. The Kier molecular flexibility index (Phi) is 6.38. The number of carbonyl (C=O) groups is 1. The Bertz CT molecular complexity index is 1190. The van der Waals surface area contributed by atoms with Crippen molar-refractivity contribution < 1.29 is 9.90 Å². The number of H-pyrrole nitrogens is 1. The minimum atomic E-state index is -1.10. The van der Waals surface area contributed by atoms with Gasteiger partial charge in [0.25, 0.3) is 0 Å². The molecule has 4 rings (SSSR count). The highest BCUT2D eigenvalue weighted by Gasteiger charge is 2.23. The summed E-state index contributed by atoms with van der Waals surface area (Å²) in [6.07, 6.45) is 0. The molecule has 0 aliphatic rings. The van der Waals surface area contributed by atoms with E-state index in [1.807, 2.05) is 71.6 Å². The van der Waals surface area contributed by atoms with Gasteiger partial charge in [0.05, 0.1) is 5.70 Å². The van der Waals surface area contributed by atoms with Gasteiger partial charge in [0.1, 0.15) is 11.5 Å². The maximum absolute atomic E-state index is 12.0. The molecule has 160 valence electrons. The van der Waals surface area contributed by atoms with Gasteiger partial charge < -0.3 is 15.0 Å². The number of hydrogen-bond acceptors (Lipinski definition) is 3. The fourth-order valence-electron chi connectivity index (χ4n) is 3.51. The van der Waals surface area contributed by atoms with Gasteiger partial charge in [-0.1, -0.05) is 91.0 Å². The molecule has 0 aliphatic carbocycles. The number of aromatic carboxylic acids is 1. The van der Waals surface area contributed by atoms with Crippen LogP contribution in [-0.2, 0) is 13.1 Å². The van der Waals surface area contributed by atoms with Crippen LogP contribution in [0.25, 0.3) is 17.1 Å². The summed E-state index contributed by atoms with van der Waals surface area (Å²) in [6.45, 7) is 5.36. The van der Waals surface area contributed by atoms with Crippen molar-refractivity contribution in [1.82, 2.24) is 14.9 Å². The summed E-state index contributed by atoms with van der Waals surface area (Å²) < 4.78 is 0. The minimum Gasteiger partial charge on any atom is -0.477 e. The second-order valence-electron chi connectivity index (χ2n) is 7.40. The van der Waals surface area contributed by atoms with Gasteiger partial charge in [-0.3, -0.25) is 0 Å². The van der Waals surface area contributed by atoms with Crippen molar-refractivity contribution in [3.8, 4) is 11.4 Å². The van der Waals surface area contributed by atoms with E-state index in [2.05, 4.69) is 16.5 Å². The Morgan fingerprint density at radius 3 is 2.06 bits per heavy atom. The van der Waals surface area contributed by atoms with Crippen LogP contribution in [-0.4, -0.2) is 25.9 Å². The average Bonchev–Trinajstić information content (AvgIpc) is 3.26. The average molecular weight is 444 g/mol. The molecule has 0 spiro atoms. The number of carboxylic acid groups (broad SMARTS) is 1. The van der Waals surface area contributed by atoms with E-state index in [1.165, 1.54) is 0 Å². The van der Waals surface area contributed by atoms with E-state index in [0.29, 0.717) is 40.9 Å². The molecule has 0 bridgehead atoms. The molecule has 0 amide bonds. The van der Waals surface area contributed by atoms with Crippen LogP contribution in [0.1, 0.15) is 27.3 Å². The fourth-order valence-corrected chi connectivity index (χ4v) is 3.70. The Morgan fingerprint density at radius 2 is 1.53 bits per heavy atom. The molecule has 0 fully saturated rings. The van der Waals surface area contributed by atoms with E-state index in [1.54, 1.807) is 18.2 Å². The molecule has 1 heterocycles. The molecule has 6 heteroatoms. The minimum absolute atomic E-state index is 0.00361. The van der Waals surface area contributed by atoms with Crippen molar-refractivity contribution in [2.75, 3.05) is 0 Å². The van der Waals surface area contributed by atoms with Gasteiger partial charge in [0.15, 0.2) is 5.69 Å². The standard InChI is InChI=1S/C26H22ClN3O2/c1-18(23-24(26(31)32)29-25(28-23)21-13-8-14-22(27)15-21)30(16-19-9-4-2-5-10-19)17-20-11-6-3-7-12-20/h2-15H,1,16-17H2,(H,28,29)(H,31,32). The molecule has 0 atom stereocenters. The largest absolute Gasteiger partial charge is 0.477 e. The Labute approximate surface area is 191 Å². The lowest BCUT2D eigenvalue weighted by molar-refractivity contribution is 0.0690. The van der Waals surface area contributed by atoms with Crippen LogP contribution >= 0.6 is 11.6 Å². The van der Waals surface area contributed by atoms with E-state index in [9.17, 15) is 9.90 Å². The maximum atomic E-state index is 12.0. The zero-order valence-corrected chi connectivity index (χ0v) is 18.1. The lowest BCUT2D eigenvalue weighted by Crippen LogP contribution is -2.22. The van der Waals surface area contributed by atoms with Crippen LogP contribution in [0.15, 0.2) is 91.5 Å². The zero-order valence-electron chi connectivity index (χ0n) is 17.3. The number of hydrogen-bond donors (Lipinski definition) is 2. The van der Waals surface area contributed by atoms with Crippen molar-refractivity contribution in [2.45, 2.75) is 13.1 Å². The lowest BCUT2D eigenvalue weighted by Gasteiger charge is -2.26. The molecule has 4 aromatic rings. The van der Waals surface area contributed by atoms with Crippen molar-refractivity contribution in [1.29, 1.82) is 0 Å². The van der Waals surface area contributed by atoms with E-state index < -0.39 is 5.97 Å². The third-order valence-corrected chi connectivity index (χ3v) is 5.34. The molecule has 0 saturated carbocycles. The van der Waals surface area contributed by atoms with E-state index >= 15 is 0 Å². The number of carboxylic acids is 1. The normalized spacial score (nSPS) is 10.7. The first kappa shape index (κ1) is 21.4. The quantitative estimate of drug-likeness (QED) is 0.345. The zero-order chi connectivity index (χ0) is 22.5. The third-order valence-electron chi connectivity index (χ3n) is 5.10. The first-order valence-corrected chi connectivity index (χ1v) is 10.5. The highest BCUT2D eigenvalue weighted by Crippen LogP contribution is 2.28. The first-order chi connectivity index (χ1) is 15.5. The highest BCUT2D eigenvalue weighted by atomic mass is 35.5. The molecule has 0 saturated heterocycles. The van der Waals surface area contributed by atoms with Gasteiger partial charge >= 0.3 is 5.97 Å². The number of aromatic amines is 1. The molecular formula is C26H22ClN3O2. The van der Waals surface area contributed by atoms with Crippen LogP contribution in [0.4, 0.5) is 0 Å². The number of halogens is 1. The molecule has 2 N–H and O–H groups in total. The number of aromatic nitrogens is 2. The smallest absolute Gasteiger partial charge is 0.354 e. The summed E-state index contributed by atoms with van der Waals surface area (Å²) in [5.74, 6) is -0.665. The Hall–Kier alpha value is -3.83. The Morgan fingerprint density at radius 1 is 0.938 bits per heavy atom. The van der Waals surface area contributed by atoms with Crippen LogP contribution in [0.2, 0.25) is 5.02 Å². The molecule has 5 nitrogen and oxygen atoms in total. The number of rotatable bonds is 8. The van der Waals surface area contributed by atoms with Gasteiger partial charge in [-0.05, 0) is 23.3 Å². The van der Waals surface area contributed by atoms with Crippen molar-refractivity contribution in [3.05, 3.63) is 119 Å². The highest BCUT2D eigenvalue weighted by molar-refractivity contribution is 6.30. The fraction of sp³-hybridized carbons (Fsp3) is 0.0769. The Balaban J connectivity index is 1.72. The summed E-state index contributed by atoms with van der Waals surface area (Å²) in [4.78, 5) is 21.6. The van der Waals surface area contributed by atoms with Gasteiger partial charge in [-0.15, -0.1) is 0 Å². The first-order valence-electron chi connectivity index (χ1n) is 10.1. The van der Waals surface area contributed by atoms with Gasteiger partial charge in [0, 0.05) is 23.7 Å². The summed E-state index contributed by atoms with van der Waals surface area (Å²) in [5, 5.41) is 10.4. The SMILES string of the molecule is C=C(c1nc(-c2cccc(Cl)c2)[nH]c1C(=O)O)N(Cc1ccccc1)Cc1ccccc1. The molecule has 0 aliphatic heterocycles. The van der Waals surface area contributed by atoms with E-state index in [-0.39, 0.29) is 5.69 Å². The number of imidazole rings is 1. The van der Waals surface area contributed by atoms with Gasteiger partial charge in [0.2, 0.25) is 0 Å². The number of nitrogens with one attached hydrogen (secondary N) is 1. The number of benzene rings is 3. The van der Waals surface area contributed by atoms with Gasteiger partial charge in [-0.2, -0.15) is 0 Å². The molecule has 3 aromatic carbocycles. The van der Waals surface area contributed by atoms with Crippen molar-refractivity contribution in [3.63, 3.8) is 0 Å². The summed E-state index contributed by atoms with van der Waals surface area (Å²) in [5.41, 5.74) is 3.71. The molecule has 1 aromatic heterocycles. The van der Waals surface area contributed by atoms with Crippen molar-refractivity contribution in [2.24, 2.45) is 0 Å². The molecule has 32 heavy (non-hydrogen) atoms. The third kappa shape index (κ3) is 4.90. The topological polar surface area (TPSA) is 69.2 Å². The predicted molar refractivity (Wildman–Crippen MR) is 127 cm³/mol. The van der Waals surface area contributed by atoms with Crippen LogP contribution in [0.5, 0.6) is 0 Å². The summed E-state index contributed by atoms with van der Waals surface area (Å²) >= 11 is 6.11. The van der Waals surface area contributed by atoms with Gasteiger partial charge in [-0.25, -0.2) is 9.78 Å². The van der Waals surface area contributed by atoms with Crippen LogP contribution in [0.3, 0.4) is 0 Å². The van der Waals surface area contributed by atoms with E-state index in [0.717, 1.165) is 11.1 Å². The van der Waals surface area contributed by atoms with Crippen molar-refractivity contribution >= 4 is 23.3 Å². The summed E-state index contributed by atoms with van der Waals surface area (Å²) in [7, 11) is 0.